The van der Waals surface area contributed by atoms with E-state index in [0.29, 0.717) is 50.2 Å². The summed E-state index contributed by atoms with van der Waals surface area (Å²) in [6.45, 7) is 4.43. The maximum atomic E-state index is 13.2. The summed E-state index contributed by atoms with van der Waals surface area (Å²) in [5.41, 5.74) is 0.790. The Morgan fingerprint density at radius 3 is 2.61 bits per heavy atom. The van der Waals surface area contributed by atoms with Crippen LogP contribution >= 0.6 is 0 Å². The molecule has 1 aliphatic heterocycles. The zero-order chi connectivity index (χ0) is 24.2. The van der Waals surface area contributed by atoms with Gasteiger partial charge < -0.3 is 19.4 Å². The Labute approximate surface area is 192 Å². The molecule has 2 fully saturated rings. The molecule has 3 rings (SSSR count). The first-order valence-corrected chi connectivity index (χ1v) is 11.4. The fourth-order valence-corrected chi connectivity index (χ4v) is 4.08. The van der Waals surface area contributed by atoms with Crippen LogP contribution in [0.25, 0.3) is 0 Å². The molecule has 10 heteroatoms. The number of alkyl halides is 3. The number of carbonyl (C=O) groups is 2. The van der Waals surface area contributed by atoms with Crippen LogP contribution in [0.15, 0.2) is 18.3 Å². The summed E-state index contributed by atoms with van der Waals surface area (Å²) in [5.74, 6) is -1.80. The Balaban J connectivity index is 1.62. The van der Waals surface area contributed by atoms with Gasteiger partial charge in [0.2, 0.25) is 5.91 Å². The largest absolute Gasteiger partial charge is 0.471 e. The van der Waals surface area contributed by atoms with E-state index in [1.807, 2.05) is 30.8 Å². The van der Waals surface area contributed by atoms with E-state index in [1.54, 1.807) is 12.1 Å². The molecular formula is C23H33F3N4O3. The molecule has 1 aliphatic carbocycles. The third-order valence-electron chi connectivity index (χ3n) is 6.30. The van der Waals surface area contributed by atoms with Crippen LogP contribution in [-0.4, -0.2) is 84.6 Å². The topological polar surface area (TPSA) is 66.0 Å². The maximum absolute atomic E-state index is 13.2. The molecule has 1 saturated heterocycles. The highest BCUT2D eigenvalue weighted by atomic mass is 19.4. The van der Waals surface area contributed by atoms with Gasteiger partial charge in [-0.05, 0) is 58.8 Å². The fourth-order valence-electron chi connectivity index (χ4n) is 4.08. The van der Waals surface area contributed by atoms with Crippen LogP contribution in [0.2, 0.25) is 0 Å². The summed E-state index contributed by atoms with van der Waals surface area (Å²) in [7, 11) is 3.92. The molecule has 1 aromatic heterocycles. The first-order chi connectivity index (χ1) is 15.5. The van der Waals surface area contributed by atoms with Gasteiger partial charge in [0, 0.05) is 55.5 Å². The van der Waals surface area contributed by atoms with E-state index >= 15 is 0 Å². The highest BCUT2D eigenvalue weighted by molar-refractivity contribution is 5.82. The van der Waals surface area contributed by atoms with E-state index in [4.69, 9.17) is 4.74 Å². The number of amides is 2. The lowest BCUT2D eigenvalue weighted by molar-refractivity contribution is -0.210. The van der Waals surface area contributed by atoms with E-state index in [9.17, 15) is 22.8 Å². The lowest BCUT2D eigenvalue weighted by atomic mass is 10.0. The second-order valence-electron chi connectivity index (χ2n) is 9.30. The predicted octanol–water partition coefficient (Wildman–Crippen LogP) is 3.01. The third kappa shape index (κ3) is 6.66. The lowest BCUT2D eigenvalue weighted by Gasteiger charge is -2.40. The molecule has 2 amide bonds. The molecule has 7 nitrogen and oxygen atoms in total. The Hall–Kier alpha value is -2.20. The Bertz CT molecular complexity index is 842. The zero-order valence-electron chi connectivity index (χ0n) is 19.5. The van der Waals surface area contributed by atoms with Crippen LogP contribution in [0, 0.1) is 5.41 Å². The molecule has 0 radical (unpaired) electrons. The van der Waals surface area contributed by atoms with Gasteiger partial charge in [-0.15, -0.1) is 0 Å². The number of aromatic nitrogens is 1. The van der Waals surface area contributed by atoms with Crippen molar-refractivity contribution in [3.05, 3.63) is 29.6 Å². The average Bonchev–Trinajstić information content (AvgIpc) is 3.51. The molecule has 1 spiro atoms. The van der Waals surface area contributed by atoms with Gasteiger partial charge in [0.1, 0.15) is 0 Å². The number of hydrogen-bond acceptors (Lipinski definition) is 5. The van der Waals surface area contributed by atoms with Crippen LogP contribution in [0.1, 0.15) is 50.1 Å². The first kappa shape index (κ1) is 25.4. The quantitative estimate of drug-likeness (QED) is 0.555. The fraction of sp³-hybridized carbons (Fsp3) is 0.696. The first-order valence-electron chi connectivity index (χ1n) is 11.4. The Morgan fingerprint density at radius 2 is 2.00 bits per heavy atom. The number of rotatable bonds is 9. The van der Waals surface area contributed by atoms with Crippen molar-refractivity contribution in [2.24, 2.45) is 5.41 Å². The molecule has 1 saturated carbocycles. The van der Waals surface area contributed by atoms with E-state index < -0.39 is 18.3 Å². The number of halogens is 3. The molecule has 0 bridgehead atoms. The maximum Gasteiger partial charge on any atom is 0.471 e. The van der Waals surface area contributed by atoms with Crippen molar-refractivity contribution in [3.63, 3.8) is 0 Å². The van der Waals surface area contributed by atoms with Crippen molar-refractivity contribution in [1.82, 2.24) is 19.7 Å². The van der Waals surface area contributed by atoms with Gasteiger partial charge in [0.05, 0.1) is 6.61 Å². The minimum Gasteiger partial charge on any atom is -0.353 e. The van der Waals surface area contributed by atoms with Crippen molar-refractivity contribution >= 4 is 11.8 Å². The zero-order valence-corrected chi connectivity index (χ0v) is 19.5. The van der Waals surface area contributed by atoms with Gasteiger partial charge in [-0.25, -0.2) is 0 Å². The van der Waals surface area contributed by atoms with Gasteiger partial charge in [-0.2, -0.15) is 13.2 Å². The number of ether oxygens (including phenoxy) is 1. The minimum atomic E-state index is -4.96. The standard InChI is InChI=1S/C23H33F3N4O3/c1-4-29(13-12-28(2)3)19(31)7-5-6-18-14-17(8-11-27-18)20-30(21(32)23(24,25)26)15-22(9-10-22)16-33-20/h8,11,14,20H,4-7,9-10,12-13,15-16H2,1-3H3. The van der Waals surface area contributed by atoms with Crippen molar-refractivity contribution < 1.29 is 27.5 Å². The molecular weight excluding hydrogens is 437 g/mol. The van der Waals surface area contributed by atoms with Crippen molar-refractivity contribution in [2.75, 3.05) is 46.9 Å². The minimum absolute atomic E-state index is 0.0436. The normalized spacial score (nSPS) is 19.7. The third-order valence-corrected chi connectivity index (χ3v) is 6.30. The molecule has 2 aliphatic rings. The van der Waals surface area contributed by atoms with E-state index in [-0.39, 0.29) is 17.9 Å². The Morgan fingerprint density at radius 1 is 1.27 bits per heavy atom. The van der Waals surface area contributed by atoms with Crippen LogP contribution in [0.4, 0.5) is 13.2 Å². The number of nitrogens with zero attached hydrogens (tertiary/aromatic N) is 4. The molecule has 1 aromatic rings. The van der Waals surface area contributed by atoms with Gasteiger partial charge in [-0.1, -0.05) is 0 Å². The summed E-state index contributed by atoms with van der Waals surface area (Å²) >= 11 is 0. The van der Waals surface area contributed by atoms with Gasteiger partial charge in [-0.3, -0.25) is 14.6 Å². The van der Waals surface area contributed by atoms with Gasteiger partial charge in [0.25, 0.3) is 0 Å². The number of carbonyl (C=O) groups excluding carboxylic acids is 2. The van der Waals surface area contributed by atoms with Crippen LogP contribution in [-0.2, 0) is 20.7 Å². The summed E-state index contributed by atoms with van der Waals surface area (Å²) in [6, 6.07) is 3.27. The van der Waals surface area contributed by atoms with Crippen molar-refractivity contribution in [1.29, 1.82) is 0 Å². The monoisotopic (exact) mass is 470 g/mol. The smallest absolute Gasteiger partial charge is 0.353 e. The number of hydrogen-bond donors (Lipinski definition) is 0. The number of aryl methyl sites for hydroxylation is 1. The molecule has 1 unspecified atom stereocenters. The second kappa shape index (κ2) is 10.4. The van der Waals surface area contributed by atoms with Gasteiger partial charge >= 0.3 is 12.1 Å². The van der Waals surface area contributed by atoms with E-state index in [2.05, 4.69) is 4.98 Å². The predicted molar refractivity (Wildman–Crippen MR) is 116 cm³/mol. The molecule has 0 aromatic carbocycles. The highest BCUT2D eigenvalue weighted by Gasteiger charge is 2.54. The van der Waals surface area contributed by atoms with Crippen molar-refractivity contribution in [2.45, 2.75) is 51.4 Å². The number of likely N-dealkylation sites (N-methyl/N-ethyl adjacent to an activating group) is 2. The molecule has 2 heterocycles. The molecule has 184 valence electrons. The summed E-state index contributed by atoms with van der Waals surface area (Å²) in [5, 5.41) is 0. The van der Waals surface area contributed by atoms with Gasteiger partial charge in [0.15, 0.2) is 6.23 Å². The Kier molecular flexibility index (Phi) is 8.00. The summed E-state index contributed by atoms with van der Waals surface area (Å²) < 4.78 is 45.4. The summed E-state index contributed by atoms with van der Waals surface area (Å²) in [4.78, 5) is 33.5. The van der Waals surface area contributed by atoms with Crippen LogP contribution in [0.5, 0.6) is 0 Å². The molecule has 1 atom stereocenters. The SMILES string of the molecule is CCN(CCN(C)C)C(=O)CCCc1cc(C2OCC3(CC3)CN2C(=O)C(F)(F)F)ccn1. The highest BCUT2D eigenvalue weighted by Crippen LogP contribution is 2.51. The van der Waals surface area contributed by atoms with Crippen LogP contribution in [0.3, 0.4) is 0 Å². The molecule has 33 heavy (non-hydrogen) atoms. The average molecular weight is 471 g/mol. The van der Waals surface area contributed by atoms with Crippen LogP contribution < -0.4 is 0 Å². The second-order valence-corrected chi connectivity index (χ2v) is 9.30. The summed E-state index contributed by atoms with van der Waals surface area (Å²) in [6.07, 6.45) is -1.54. The molecule has 0 N–H and O–H groups in total. The van der Waals surface area contributed by atoms with E-state index in [0.717, 1.165) is 24.3 Å². The number of pyridine rings is 1. The lowest BCUT2D eigenvalue weighted by Crippen LogP contribution is -2.50. The van der Waals surface area contributed by atoms with E-state index in [1.165, 1.54) is 6.20 Å². The van der Waals surface area contributed by atoms with Crippen molar-refractivity contribution in [3.8, 4) is 0 Å².